The molecule has 0 aliphatic carbocycles. The van der Waals surface area contributed by atoms with Crippen LogP contribution in [0.15, 0.2) is 30.3 Å². The molecule has 0 radical (unpaired) electrons. The average molecular weight is 328 g/mol. The SMILES string of the molecule is CCCCOc1c(OC)cc(C=O)cc1Oc1cc(C)ccc1C. The molecule has 0 aromatic heterocycles. The van der Waals surface area contributed by atoms with Crippen LogP contribution < -0.4 is 14.2 Å². The second-order valence-electron chi connectivity index (χ2n) is 5.74. The van der Waals surface area contributed by atoms with Gasteiger partial charge in [0.2, 0.25) is 5.75 Å². The maximum atomic E-state index is 11.2. The number of carbonyl (C=O) groups is 1. The van der Waals surface area contributed by atoms with E-state index in [-0.39, 0.29) is 0 Å². The van der Waals surface area contributed by atoms with Gasteiger partial charge in [0.05, 0.1) is 13.7 Å². The number of aryl methyl sites for hydroxylation is 2. The maximum Gasteiger partial charge on any atom is 0.204 e. The second-order valence-corrected chi connectivity index (χ2v) is 5.74. The Hall–Kier alpha value is -2.49. The maximum absolute atomic E-state index is 11.2. The summed E-state index contributed by atoms with van der Waals surface area (Å²) >= 11 is 0. The standard InChI is InChI=1S/C20H24O4/c1-5-6-9-23-20-18(22-4)11-16(13-21)12-19(20)24-17-10-14(2)7-8-15(17)3/h7-8,10-13H,5-6,9H2,1-4H3. The van der Waals surface area contributed by atoms with Crippen LogP contribution in [0.3, 0.4) is 0 Å². The van der Waals surface area contributed by atoms with Crippen molar-refractivity contribution in [2.24, 2.45) is 0 Å². The molecule has 0 aliphatic heterocycles. The zero-order valence-corrected chi connectivity index (χ0v) is 14.7. The molecule has 0 atom stereocenters. The van der Waals surface area contributed by atoms with Gasteiger partial charge in [-0.2, -0.15) is 0 Å². The largest absolute Gasteiger partial charge is 0.493 e. The number of carbonyl (C=O) groups excluding carboxylic acids is 1. The molecule has 0 saturated carbocycles. The van der Waals surface area contributed by atoms with Gasteiger partial charge in [-0.25, -0.2) is 0 Å². The van der Waals surface area contributed by atoms with Gasteiger partial charge in [-0.1, -0.05) is 25.5 Å². The Morgan fingerprint density at radius 2 is 1.79 bits per heavy atom. The molecule has 0 aliphatic rings. The quantitative estimate of drug-likeness (QED) is 0.500. The number of unbranched alkanes of at least 4 members (excludes halogenated alkanes) is 1. The highest BCUT2D eigenvalue weighted by Crippen LogP contribution is 2.41. The van der Waals surface area contributed by atoms with E-state index in [4.69, 9.17) is 14.2 Å². The van der Waals surface area contributed by atoms with Crippen LogP contribution in [0.25, 0.3) is 0 Å². The first kappa shape index (κ1) is 17.9. The van der Waals surface area contributed by atoms with Crippen molar-refractivity contribution in [1.82, 2.24) is 0 Å². The lowest BCUT2D eigenvalue weighted by Crippen LogP contribution is -2.02. The molecule has 2 rings (SSSR count). The predicted octanol–water partition coefficient (Wildman–Crippen LogP) is 5.10. The number of aldehydes is 1. The van der Waals surface area contributed by atoms with Gasteiger partial charge in [0.15, 0.2) is 11.5 Å². The summed E-state index contributed by atoms with van der Waals surface area (Å²) in [5.74, 6) is 2.25. The molecule has 0 unspecified atom stereocenters. The van der Waals surface area contributed by atoms with E-state index in [1.165, 1.54) is 0 Å². The predicted molar refractivity (Wildman–Crippen MR) is 94.8 cm³/mol. The van der Waals surface area contributed by atoms with Crippen molar-refractivity contribution in [3.8, 4) is 23.0 Å². The zero-order chi connectivity index (χ0) is 17.5. The normalized spacial score (nSPS) is 10.3. The average Bonchev–Trinajstić information content (AvgIpc) is 2.59. The Labute approximate surface area is 143 Å². The summed E-state index contributed by atoms with van der Waals surface area (Å²) in [6.07, 6.45) is 2.73. The Morgan fingerprint density at radius 1 is 1.04 bits per heavy atom. The Bertz CT molecular complexity index is 707. The number of rotatable bonds is 8. The molecule has 0 saturated heterocycles. The zero-order valence-electron chi connectivity index (χ0n) is 14.7. The van der Waals surface area contributed by atoms with Crippen molar-refractivity contribution in [3.63, 3.8) is 0 Å². The third-order valence-electron chi connectivity index (χ3n) is 3.71. The number of benzene rings is 2. The van der Waals surface area contributed by atoms with Crippen LogP contribution in [-0.4, -0.2) is 20.0 Å². The molecule has 0 fully saturated rings. The minimum Gasteiger partial charge on any atom is -0.493 e. The Kier molecular flexibility index (Phi) is 6.24. The first-order valence-corrected chi connectivity index (χ1v) is 8.14. The third-order valence-corrected chi connectivity index (χ3v) is 3.71. The molecule has 128 valence electrons. The first-order chi connectivity index (χ1) is 11.6. The van der Waals surface area contributed by atoms with Gasteiger partial charge in [-0.05, 0) is 49.6 Å². The van der Waals surface area contributed by atoms with Gasteiger partial charge < -0.3 is 14.2 Å². The highest BCUT2D eigenvalue weighted by Gasteiger charge is 2.16. The van der Waals surface area contributed by atoms with Crippen LogP contribution in [0, 0.1) is 13.8 Å². The topological polar surface area (TPSA) is 44.8 Å². The van der Waals surface area contributed by atoms with E-state index in [1.54, 1.807) is 19.2 Å². The molecule has 4 nitrogen and oxygen atoms in total. The molecular formula is C20H24O4. The van der Waals surface area contributed by atoms with Crippen molar-refractivity contribution in [2.75, 3.05) is 13.7 Å². The number of methoxy groups -OCH3 is 1. The van der Waals surface area contributed by atoms with E-state index in [9.17, 15) is 4.79 Å². The molecule has 4 heteroatoms. The van der Waals surface area contributed by atoms with E-state index in [0.29, 0.717) is 29.4 Å². The van der Waals surface area contributed by atoms with Gasteiger partial charge in [-0.15, -0.1) is 0 Å². The summed E-state index contributed by atoms with van der Waals surface area (Å²) in [4.78, 5) is 11.2. The smallest absolute Gasteiger partial charge is 0.204 e. The summed E-state index contributed by atoms with van der Waals surface area (Å²) < 4.78 is 17.3. The minimum atomic E-state index is 0.481. The summed E-state index contributed by atoms with van der Waals surface area (Å²) in [7, 11) is 1.55. The number of ether oxygens (including phenoxy) is 3. The Morgan fingerprint density at radius 3 is 2.46 bits per heavy atom. The Balaban J connectivity index is 2.44. The third kappa shape index (κ3) is 4.28. The monoisotopic (exact) mass is 328 g/mol. The molecule has 2 aromatic carbocycles. The summed E-state index contributed by atoms with van der Waals surface area (Å²) in [5, 5.41) is 0. The highest BCUT2D eigenvalue weighted by molar-refractivity contribution is 5.78. The van der Waals surface area contributed by atoms with Gasteiger partial charge in [0, 0.05) is 5.56 Å². The molecular weight excluding hydrogens is 304 g/mol. The van der Waals surface area contributed by atoms with Gasteiger partial charge in [-0.3, -0.25) is 4.79 Å². The number of hydrogen-bond donors (Lipinski definition) is 0. The van der Waals surface area contributed by atoms with Crippen LogP contribution in [0.4, 0.5) is 0 Å². The van der Waals surface area contributed by atoms with Crippen molar-refractivity contribution in [2.45, 2.75) is 33.6 Å². The van der Waals surface area contributed by atoms with E-state index in [0.717, 1.165) is 36.0 Å². The molecule has 2 aromatic rings. The molecule has 0 N–H and O–H groups in total. The van der Waals surface area contributed by atoms with Crippen LogP contribution in [-0.2, 0) is 0 Å². The molecule has 0 amide bonds. The molecule has 24 heavy (non-hydrogen) atoms. The van der Waals surface area contributed by atoms with E-state index < -0.39 is 0 Å². The van der Waals surface area contributed by atoms with Gasteiger partial charge in [0.1, 0.15) is 12.0 Å². The van der Waals surface area contributed by atoms with Crippen molar-refractivity contribution < 1.29 is 19.0 Å². The first-order valence-electron chi connectivity index (χ1n) is 8.14. The lowest BCUT2D eigenvalue weighted by Gasteiger charge is -2.17. The van der Waals surface area contributed by atoms with Crippen molar-refractivity contribution >= 4 is 6.29 Å². The van der Waals surface area contributed by atoms with Crippen LogP contribution >= 0.6 is 0 Å². The van der Waals surface area contributed by atoms with E-state index in [1.807, 2.05) is 32.0 Å². The fourth-order valence-electron chi connectivity index (χ4n) is 2.29. The van der Waals surface area contributed by atoms with Crippen molar-refractivity contribution in [1.29, 1.82) is 0 Å². The van der Waals surface area contributed by atoms with E-state index in [2.05, 4.69) is 6.92 Å². The summed E-state index contributed by atoms with van der Waals surface area (Å²) in [6.45, 7) is 6.65. The lowest BCUT2D eigenvalue weighted by atomic mass is 10.1. The van der Waals surface area contributed by atoms with Crippen LogP contribution in [0.2, 0.25) is 0 Å². The minimum absolute atomic E-state index is 0.481. The summed E-state index contributed by atoms with van der Waals surface area (Å²) in [5.41, 5.74) is 2.59. The fraction of sp³-hybridized carbons (Fsp3) is 0.350. The summed E-state index contributed by atoms with van der Waals surface area (Å²) in [6, 6.07) is 9.33. The van der Waals surface area contributed by atoms with Gasteiger partial charge >= 0.3 is 0 Å². The second kappa shape index (κ2) is 8.39. The van der Waals surface area contributed by atoms with Gasteiger partial charge in [0.25, 0.3) is 0 Å². The molecule has 0 bridgehead atoms. The lowest BCUT2D eigenvalue weighted by molar-refractivity contribution is 0.112. The van der Waals surface area contributed by atoms with Crippen LogP contribution in [0.5, 0.6) is 23.0 Å². The highest BCUT2D eigenvalue weighted by atomic mass is 16.5. The number of hydrogen-bond acceptors (Lipinski definition) is 4. The van der Waals surface area contributed by atoms with Crippen LogP contribution in [0.1, 0.15) is 41.3 Å². The molecule has 0 spiro atoms. The van der Waals surface area contributed by atoms with Crippen molar-refractivity contribution in [3.05, 3.63) is 47.0 Å². The fourth-order valence-corrected chi connectivity index (χ4v) is 2.29. The van der Waals surface area contributed by atoms with E-state index >= 15 is 0 Å². The molecule has 0 heterocycles.